The summed E-state index contributed by atoms with van der Waals surface area (Å²) in [5, 5.41) is 3.21. The molecule has 0 bridgehead atoms. The van der Waals surface area contributed by atoms with Gasteiger partial charge in [0, 0.05) is 5.69 Å². The summed E-state index contributed by atoms with van der Waals surface area (Å²) in [6.45, 7) is 2.56. The topological polar surface area (TPSA) is 80.3 Å². The standard InChI is InChI=1S/C21H23N3O3S/c1-2-27-20-11-8-18(9-12-20)23-19-10-13-21(22-16-19)24-28(25,26)15-14-17-6-4-3-5-7-17/h3-13,16,23H,2,14-15H2,1H3,(H,22,24). The summed E-state index contributed by atoms with van der Waals surface area (Å²) in [6.07, 6.45) is 2.04. The molecule has 2 N–H and O–H groups in total. The Bertz CT molecular complexity index is 974. The molecule has 0 aliphatic rings. The molecule has 0 aliphatic heterocycles. The van der Waals surface area contributed by atoms with Gasteiger partial charge in [0.2, 0.25) is 10.0 Å². The second-order valence-electron chi connectivity index (χ2n) is 6.17. The largest absolute Gasteiger partial charge is 0.494 e. The summed E-state index contributed by atoms with van der Waals surface area (Å²) in [5.41, 5.74) is 2.63. The third-order valence-corrected chi connectivity index (χ3v) is 5.24. The molecule has 146 valence electrons. The SMILES string of the molecule is CCOc1ccc(Nc2ccc(NS(=O)(=O)CCc3ccccc3)nc2)cc1. The third-order valence-electron chi connectivity index (χ3n) is 3.98. The lowest BCUT2D eigenvalue weighted by molar-refractivity contribution is 0.340. The van der Waals surface area contributed by atoms with Crippen molar-refractivity contribution in [1.82, 2.24) is 4.98 Å². The number of rotatable bonds is 9. The highest BCUT2D eigenvalue weighted by Crippen LogP contribution is 2.20. The van der Waals surface area contributed by atoms with Gasteiger partial charge in [0.05, 0.1) is 24.2 Å². The molecule has 28 heavy (non-hydrogen) atoms. The molecule has 0 radical (unpaired) electrons. The minimum Gasteiger partial charge on any atom is -0.494 e. The molecule has 6 nitrogen and oxygen atoms in total. The van der Waals surface area contributed by atoms with E-state index < -0.39 is 10.0 Å². The van der Waals surface area contributed by atoms with Crippen molar-refractivity contribution < 1.29 is 13.2 Å². The number of sulfonamides is 1. The normalized spacial score (nSPS) is 11.0. The molecule has 0 spiro atoms. The average molecular weight is 398 g/mol. The molecule has 0 atom stereocenters. The van der Waals surface area contributed by atoms with Crippen LogP contribution in [-0.4, -0.2) is 25.8 Å². The van der Waals surface area contributed by atoms with Gasteiger partial charge in [-0.2, -0.15) is 0 Å². The number of anilines is 3. The molecule has 3 aromatic rings. The lowest BCUT2D eigenvalue weighted by atomic mass is 10.2. The molecule has 7 heteroatoms. The predicted octanol–water partition coefficient (Wildman–Crippen LogP) is 4.21. The van der Waals surface area contributed by atoms with Gasteiger partial charge in [-0.1, -0.05) is 30.3 Å². The highest BCUT2D eigenvalue weighted by Gasteiger charge is 2.11. The highest BCUT2D eigenvalue weighted by atomic mass is 32.2. The van der Waals surface area contributed by atoms with Crippen molar-refractivity contribution in [3.8, 4) is 5.75 Å². The lowest BCUT2D eigenvalue weighted by Crippen LogP contribution is -2.18. The van der Waals surface area contributed by atoms with Gasteiger partial charge in [0.15, 0.2) is 0 Å². The second-order valence-corrected chi connectivity index (χ2v) is 8.01. The number of aromatic nitrogens is 1. The van der Waals surface area contributed by atoms with E-state index in [0.717, 1.165) is 22.7 Å². The number of nitrogens with one attached hydrogen (secondary N) is 2. The molecule has 1 heterocycles. The molecule has 1 aromatic heterocycles. The zero-order valence-corrected chi connectivity index (χ0v) is 16.4. The van der Waals surface area contributed by atoms with Crippen LogP contribution in [0, 0.1) is 0 Å². The monoisotopic (exact) mass is 397 g/mol. The van der Waals surface area contributed by atoms with Gasteiger partial charge in [0.25, 0.3) is 0 Å². The van der Waals surface area contributed by atoms with Crippen LogP contribution < -0.4 is 14.8 Å². The number of aryl methyl sites for hydroxylation is 1. The summed E-state index contributed by atoms with van der Waals surface area (Å²) < 4.78 is 32.4. The van der Waals surface area contributed by atoms with Crippen LogP contribution in [0.4, 0.5) is 17.2 Å². The number of hydrogen-bond donors (Lipinski definition) is 2. The maximum atomic E-state index is 12.3. The van der Waals surface area contributed by atoms with Crippen LogP contribution in [0.2, 0.25) is 0 Å². The van der Waals surface area contributed by atoms with E-state index in [1.807, 2.05) is 61.5 Å². The van der Waals surface area contributed by atoms with E-state index in [9.17, 15) is 8.42 Å². The van der Waals surface area contributed by atoms with Crippen LogP contribution in [-0.2, 0) is 16.4 Å². The lowest BCUT2D eigenvalue weighted by Gasteiger charge is -2.10. The molecule has 0 unspecified atom stereocenters. The Hall–Kier alpha value is -3.06. The van der Waals surface area contributed by atoms with E-state index in [1.165, 1.54) is 0 Å². The quantitative estimate of drug-likeness (QED) is 0.565. The highest BCUT2D eigenvalue weighted by molar-refractivity contribution is 7.92. The molecule has 3 rings (SSSR count). The number of nitrogens with zero attached hydrogens (tertiary/aromatic N) is 1. The third kappa shape index (κ3) is 5.99. The van der Waals surface area contributed by atoms with Gasteiger partial charge in [0.1, 0.15) is 11.6 Å². The zero-order chi connectivity index (χ0) is 19.8. The fourth-order valence-electron chi connectivity index (χ4n) is 2.60. The Morgan fingerprint density at radius 2 is 1.64 bits per heavy atom. The summed E-state index contributed by atoms with van der Waals surface area (Å²) in [5.74, 6) is 1.11. The van der Waals surface area contributed by atoms with Crippen molar-refractivity contribution in [2.75, 3.05) is 22.4 Å². The Morgan fingerprint density at radius 3 is 2.29 bits per heavy atom. The average Bonchev–Trinajstić information content (AvgIpc) is 2.70. The molecular weight excluding hydrogens is 374 g/mol. The van der Waals surface area contributed by atoms with Crippen molar-refractivity contribution in [2.24, 2.45) is 0 Å². The van der Waals surface area contributed by atoms with Crippen LogP contribution in [0.3, 0.4) is 0 Å². The fraction of sp³-hybridized carbons (Fsp3) is 0.190. The van der Waals surface area contributed by atoms with Gasteiger partial charge in [-0.15, -0.1) is 0 Å². The summed E-state index contributed by atoms with van der Waals surface area (Å²) in [7, 11) is -3.46. The van der Waals surface area contributed by atoms with E-state index in [1.54, 1.807) is 18.3 Å². The first-order valence-corrected chi connectivity index (χ1v) is 10.7. The van der Waals surface area contributed by atoms with E-state index in [4.69, 9.17) is 4.74 Å². The van der Waals surface area contributed by atoms with Crippen molar-refractivity contribution >= 4 is 27.2 Å². The zero-order valence-electron chi connectivity index (χ0n) is 15.6. The van der Waals surface area contributed by atoms with Crippen molar-refractivity contribution in [2.45, 2.75) is 13.3 Å². The molecule has 0 fully saturated rings. The smallest absolute Gasteiger partial charge is 0.234 e. The van der Waals surface area contributed by atoms with E-state index >= 15 is 0 Å². The van der Waals surface area contributed by atoms with Gasteiger partial charge in [-0.05, 0) is 55.3 Å². The minimum atomic E-state index is -3.46. The van der Waals surface area contributed by atoms with Crippen LogP contribution in [0.5, 0.6) is 5.75 Å². The van der Waals surface area contributed by atoms with Gasteiger partial charge >= 0.3 is 0 Å². The van der Waals surface area contributed by atoms with Gasteiger partial charge in [-0.3, -0.25) is 4.72 Å². The molecule has 0 saturated heterocycles. The van der Waals surface area contributed by atoms with Crippen molar-refractivity contribution in [3.05, 3.63) is 78.5 Å². The summed E-state index contributed by atoms with van der Waals surface area (Å²) in [6, 6.07) is 20.5. The van der Waals surface area contributed by atoms with E-state index in [2.05, 4.69) is 15.0 Å². The Kier molecular flexibility index (Phi) is 6.49. The molecule has 2 aromatic carbocycles. The maximum absolute atomic E-state index is 12.3. The predicted molar refractivity (Wildman–Crippen MR) is 113 cm³/mol. The van der Waals surface area contributed by atoms with Crippen LogP contribution in [0.25, 0.3) is 0 Å². The van der Waals surface area contributed by atoms with Crippen LogP contribution >= 0.6 is 0 Å². The summed E-state index contributed by atoms with van der Waals surface area (Å²) in [4.78, 5) is 4.18. The Balaban J connectivity index is 1.56. The Labute approximate surface area is 165 Å². The summed E-state index contributed by atoms with van der Waals surface area (Å²) >= 11 is 0. The van der Waals surface area contributed by atoms with Crippen LogP contribution in [0.15, 0.2) is 72.9 Å². The number of hydrogen-bond acceptors (Lipinski definition) is 5. The number of ether oxygens (including phenoxy) is 1. The Morgan fingerprint density at radius 1 is 0.929 bits per heavy atom. The van der Waals surface area contributed by atoms with Crippen molar-refractivity contribution in [3.63, 3.8) is 0 Å². The van der Waals surface area contributed by atoms with E-state index in [-0.39, 0.29) is 5.75 Å². The van der Waals surface area contributed by atoms with E-state index in [0.29, 0.717) is 18.8 Å². The van der Waals surface area contributed by atoms with Crippen LogP contribution in [0.1, 0.15) is 12.5 Å². The molecular formula is C21H23N3O3S. The fourth-order valence-corrected chi connectivity index (χ4v) is 3.65. The number of pyridine rings is 1. The molecule has 0 saturated carbocycles. The first kappa shape index (κ1) is 19.7. The van der Waals surface area contributed by atoms with Gasteiger partial charge < -0.3 is 10.1 Å². The molecule has 0 aliphatic carbocycles. The first-order valence-electron chi connectivity index (χ1n) is 9.04. The first-order chi connectivity index (χ1) is 13.5. The van der Waals surface area contributed by atoms with Gasteiger partial charge in [-0.25, -0.2) is 13.4 Å². The second kappa shape index (κ2) is 9.23. The number of benzene rings is 2. The maximum Gasteiger partial charge on any atom is 0.234 e. The molecule has 0 amide bonds. The van der Waals surface area contributed by atoms with Crippen molar-refractivity contribution in [1.29, 1.82) is 0 Å². The minimum absolute atomic E-state index is 0.00484.